The van der Waals surface area contributed by atoms with Gasteiger partial charge in [-0.25, -0.2) is 0 Å². The third-order valence-corrected chi connectivity index (χ3v) is 9.76. The Bertz CT molecular complexity index is 894. The summed E-state index contributed by atoms with van der Waals surface area (Å²) in [5.41, 5.74) is 0. The van der Waals surface area contributed by atoms with E-state index in [1.54, 1.807) is 0 Å². The Morgan fingerprint density at radius 2 is 1.22 bits per heavy atom. The number of ether oxygens (including phenoxy) is 2. The Labute approximate surface area is 311 Å². The van der Waals surface area contributed by atoms with E-state index in [0.29, 0.717) is 12.8 Å². The fraction of sp³-hybridized carbons (Fsp3) is 0.833. The molecule has 51 heavy (non-hydrogen) atoms. The average Bonchev–Trinajstić information content (AvgIpc) is 3.13. The summed E-state index contributed by atoms with van der Waals surface area (Å²) in [6.45, 7) is 3.68. The highest BCUT2D eigenvalue weighted by atomic mass is 16.7. The van der Waals surface area contributed by atoms with Crippen LogP contribution in [0.25, 0.3) is 0 Å². The molecular weight excluding hydrogens is 646 g/mol. The molecule has 0 radical (unpaired) electrons. The number of hydrogen-bond donors (Lipinski definition) is 6. The van der Waals surface area contributed by atoms with Crippen molar-refractivity contribution in [1.29, 1.82) is 0 Å². The third kappa shape index (κ3) is 24.4. The number of carbonyl (C=O) groups excluding carboxylic acids is 1. The van der Waals surface area contributed by atoms with Gasteiger partial charge in [0.25, 0.3) is 0 Å². The Kier molecular flexibility index (Phi) is 30.7. The van der Waals surface area contributed by atoms with Gasteiger partial charge < -0.3 is 40.3 Å². The molecule has 9 nitrogen and oxygen atoms in total. The molecule has 7 atom stereocenters. The van der Waals surface area contributed by atoms with Crippen molar-refractivity contribution in [1.82, 2.24) is 5.32 Å². The van der Waals surface area contributed by atoms with Gasteiger partial charge in [-0.1, -0.05) is 153 Å². The van der Waals surface area contributed by atoms with E-state index in [1.165, 1.54) is 70.6 Å². The maximum absolute atomic E-state index is 12.9. The molecular formula is C42H77NO8. The number of aliphatic hydroxyl groups excluding tert-OH is 5. The lowest BCUT2D eigenvalue weighted by Crippen LogP contribution is -2.60. The summed E-state index contributed by atoms with van der Waals surface area (Å²) in [7, 11) is 0. The van der Waals surface area contributed by atoms with Crippen LogP contribution in [0.2, 0.25) is 0 Å². The highest BCUT2D eigenvalue weighted by Gasteiger charge is 2.44. The van der Waals surface area contributed by atoms with Gasteiger partial charge >= 0.3 is 0 Å². The Morgan fingerprint density at radius 1 is 0.686 bits per heavy atom. The van der Waals surface area contributed by atoms with E-state index in [1.807, 2.05) is 0 Å². The lowest BCUT2D eigenvalue weighted by Gasteiger charge is -2.40. The van der Waals surface area contributed by atoms with Crippen LogP contribution < -0.4 is 5.32 Å². The second-order valence-corrected chi connectivity index (χ2v) is 14.4. The maximum Gasteiger partial charge on any atom is 0.220 e. The van der Waals surface area contributed by atoms with Crippen molar-refractivity contribution in [2.45, 2.75) is 211 Å². The van der Waals surface area contributed by atoms with Gasteiger partial charge in [0.05, 0.1) is 25.4 Å². The predicted molar refractivity (Wildman–Crippen MR) is 207 cm³/mol. The topological polar surface area (TPSA) is 149 Å². The van der Waals surface area contributed by atoms with Crippen molar-refractivity contribution in [3.8, 4) is 0 Å². The summed E-state index contributed by atoms with van der Waals surface area (Å²) >= 11 is 0. The molecule has 298 valence electrons. The first-order valence-corrected chi connectivity index (χ1v) is 20.7. The maximum atomic E-state index is 12.9. The number of allylic oxidation sites excluding steroid dienone is 6. The molecule has 0 aromatic carbocycles. The summed E-state index contributed by atoms with van der Waals surface area (Å²) < 4.78 is 11.2. The van der Waals surface area contributed by atoms with Gasteiger partial charge in [-0.05, 0) is 44.9 Å². The Balaban J connectivity index is 2.37. The summed E-state index contributed by atoms with van der Waals surface area (Å²) in [5.74, 6) is -0.158. The minimum Gasteiger partial charge on any atom is -0.394 e. The van der Waals surface area contributed by atoms with Gasteiger partial charge in [0.15, 0.2) is 6.29 Å². The fourth-order valence-corrected chi connectivity index (χ4v) is 6.41. The summed E-state index contributed by atoms with van der Waals surface area (Å²) in [5, 5.41) is 54.1. The minimum atomic E-state index is -1.55. The van der Waals surface area contributed by atoms with Crippen molar-refractivity contribution >= 4 is 5.91 Å². The van der Waals surface area contributed by atoms with Crippen LogP contribution in [0.4, 0.5) is 0 Å². The van der Waals surface area contributed by atoms with Crippen LogP contribution in [0, 0.1) is 0 Å². The lowest BCUT2D eigenvalue weighted by atomic mass is 9.99. The van der Waals surface area contributed by atoms with Crippen molar-refractivity contribution in [3.05, 3.63) is 36.5 Å². The summed E-state index contributed by atoms with van der Waals surface area (Å²) in [6, 6.07) is -0.721. The van der Waals surface area contributed by atoms with E-state index < -0.39 is 49.5 Å². The zero-order valence-electron chi connectivity index (χ0n) is 32.4. The van der Waals surface area contributed by atoms with Crippen LogP contribution in [0.15, 0.2) is 36.5 Å². The quantitative estimate of drug-likeness (QED) is 0.0298. The second kappa shape index (κ2) is 33.0. The van der Waals surface area contributed by atoms with Crippen molar-refractivity contribution < 1.29 is 39.8 Å². The van der Waals surface area contributed by atoms with Crippen LogP contribution >= 0.6 is 0 Å². The third-order valence-electron chi connectivity index (χ3n) is 9.76. The number of nitrogens with one attached hydrogen (secondary N) is 1. The molecule has 1 heterocycles. The zero-order valence-corrected chi connectivity index (χ0v) is 32.4. The molecule has 1 aliphatic heterocycles. The van der Waals surface area contributed by atoms with Crippen LogP contribution in [0.5, 0.6) is 0 Å². The van der Waals surface area contributed by atoms with E-state index in [9.17, 15) is 30.3 Å². The summed E-state index contributed by atoms with van der Waals surface area (Å²) in [6.07, 6.45) is 31.5. The van der Waals surface area contributed by atoms with Crippen molar-refractivity contribution in [2.75, 3.05) is 13.2 Å². The first-order valence-electron chi connectivity index (χ1n) is 20.7. The van der Waals surface area contributed by atoms with E-state index in [2.05, 4.69) is 55.6 Å². The van der Waals surface area contributed by atoms with Gasteiger partial charge in [-0.3, -0.25) is 4.79 Å². The number of amides is 1. The number of hydrogen-bond acceptors (Lipinski definition) is 8. The molecule has 7 unspecified atom stereocenters. The molecule has 1 rings (SSSR count). The molecule has 1 amide bonds. The van der Waals surface area contributed by atoms with Crippen molar-refractivity contribution in [3.63, 3.8) is 0 Å². The standard InChI is InChI=1S/C42H77NO8/c1-3-5-7-9-11-13-15-16-17-18-19-20-22-24-26-28-30-32-38(46)43-35(34-50-42-41(49)40(48)39(47)37(33-44)51-42)36(45)31-29-27-25-23-21-14-12-10-8-6-4-2/h5,7,11,13,16-17,35-37,39-42,44-45,47-49H,3-4,6,8-10,12,14-15,18-34H2,1-2H3,(H,43,46)/b7-5-,13-11-,17-16-. The molecule has 9 heteroatoms. The molecule has 1 saturated heterocycles. The molecule has 0 bridgehead atoms. The molecule has 1 fully saturated rings. The Hall–Kier alpha value is -1.59. The van der Waals surface area contributed by atoms with Gasteiger partial charge in [-0.15, -0.1) is 0 Å². The zero-order chi connectivity index (χ0) is 37.4. The SMILES string of the molecule is CC/C=C\C/C=C\C/C=C\CCCCCCCCCC(=O)NC(COC1OC(CO)C(O)C(O)C1O)C(O)CCCCCCCCCCCCC. The minimum absolute atomic E-state index is 0.143. The first-order chi connectivity index (χ1) is 24.8. The average molecular weight is 724 g/mol. The molecule has 0 aromatic rings. The summed E-state index contributed by atoms with van der Waals surface area (Å²) in [4.78, 5) is 12.9. The fourth-order valence-electron chi connectivity index (χ4n) is 6.41. The predicted octanol–water partition coefficient (Wildman–Crippen LogP) is 7.72. The van der Waals surface area contributed by atoms with E-state index in [0.717, 1.165) is 70.6 Å². The van der Waals surface area contributed by atoms with E-state index >= 15 is 0 Å². The van der Waals surface area contributed by atoms with Gasteiger partial charge in [0, 0.05) is 6.42 Å². The number of unbranched alkanes of at least 4 members (excludes halogenated alkanes) is 17. The van der Waals surface area contributed by atoms with Crippen LogP contribution in [0.3, 0.4) is 0 Å². The van der Waals surface area contributed by atoms with E-state index in [-0.39, 0.29) is 12.5 Å². The molecule has 0 saturated carbocycles. The highest BCUT2D eigenvalue weighted by molar-refractivity contribution is 5.76. The Morgan fingerprint density at radius 3 is 1.80 bits per heavy atom. The molecule has 0 aromatic heterocycles. The van der Waals surface area contributed by atoms with Gasteiger partial charge in [-0.2, -0.15) is 0 Å². The normalized spacial score (nSPS) is 22.4. The van der Waals surface area contributed by atoms with Gasteiger partial charge in [0.1, 0.15) is 24.4 Å². The van der Waals surface area contributed by atoms with Crippen LogP contribution in [-0.2, 0) is 14.3 Å². The first kappa shape index (κ1) is 47.4. The number of carbonyl (C=O) groups is 1. The molecule has 0 spiro atoms. The van der Waals surface area contributed by atoms with Crippen LogP contribution in [-0.4, -0.2) is 87.5 Å². The largest absolute Gasteiger partial charge is 0.394 e. The van der Waals surface area contributed by atoms with Gasteiger partial charge in [0.2, 0.25) is 5.91 Å². The molecule has 6 N–H and O–H groups in total. The monoisotopic (exact) mass is 724 g/mol. The molecule has 1 aliphatic rings. The van der Waals surface area contributed by atoms with Crippen LogP contribution in [0.1, 0.15) is 168 Å². The number of rotatable bonds is 33. The smallest absolute Gasteiger partial charge is 0.220 e. The van der Waals surface area contributed by atoms with Crippen molar-refractivity contribution in [2.24, 2.45) is 0 Å². The lowest BCUT2D eigenvalue weighted by molar-refractivity contribution is -0.302. The molecule has 0 aliphatic carbocycles. The van der Waals surface area contributed by atoms with E-state index in [4.69, 9.17) is 9.47 Å². The highest BCUT2D eigenvalue weighted by Crippen LogP contribution is 2.23. The number of aliphatic hydroxyl groups is 5. The second-order valence-electron chi connectivity index (χ2n) is 14.4.